The van der Waals surface area contributed by atoms with E-state index in [0.717, 1.165) is 31.4 Å². The van der Waals surface area contributed by atoms with Gasteiger partial charge in [0.15, 0.2) is 0 Å². The second kappa shape index (κ2) is 9.38. The molecule has 2 aromatic carbocycles. The van der Waals surface area contributed by atoms with Crippen molar-refractivity contribution in [2.24, 2.45) is 22.7 Å². The van der Waals surface area contributed by atoms with Gasteiger partial charge in [0, 0.05) is 27.7 Å². The number of benzene rings is 2. The molecule has 1 unspecified atom stereocenters. The van der Waals surface area contributed by atoms with E-state index in [9.17, 15) is 9.32 Å². The molecule has 2 nitrogen and oxygen atoms in total. The van der Waals surface area contributed by atoms with Gasteiger partial charge in [0.05, 0.1) is 21.7 Å². The van der Waals surface area contributed by atoms with Gasteiger partial charge in [0.2, 0.25) is 0 Å². The zero-order valence-electron chi connectivity index (χ0n) is 22.9. The van der Waals surface area contributed by atoms with E-state index in [1.165, 1.54) is 52.0 Å². The number of aryl methyl sites for hydroxylation is 2. The predicted octanol–water partition coefficient (Wildman–Crippen LogP) is 7.67. The molecule has 1 heterocycles. The number of allylic oxidation sites excluding steroid dienone is 1. The minimum atomic E-state index is -1.05. The number of aliphatic hydroxyl groups is 1. The maximum atomic E-state index is 14.3. The van der Waals surface area contributed by atoms with Gasteiger partial charge >= 0.3 is 0 Å². The van der Waals surface area contributed by atoms with Crippen LogP contribution in [0.5, 0.6) is 0 Å². The lowest BCUT2D eigenvalue weighted by Gasteiger charge is -2.49. The molecule has 0 radical (unpaired) electrons. The lowest BCUT2D eigenvalue weighted by Crippen LogP contribution is -2.45. The summed E-state index contributed by atoms with van der Waals surface area (Å²) in [6.07, 6.45) is 7.40. The van der Waals surface area contributed by atoms with Gasteiger partial charge in [-0.1, -0.05) is 85.5 Å². The van der Waals surface area contributed by atoms with Crippen molar-refractivity contribution in [1.29, 1.82) is 0 Å². The van der Waals surface area contributed by atoms with Crippen LogP contribution in [0.3, 0.4) is 0 Å². The van der Waals surface area contributed by atoms with Gasteiger partial charge < -0.3 is 5.11 Å². The SMILES string of the molecule is Cc1ccc(C2(c3ccc(C)cc3)SCC(S(=O)C[C@]34CC[C@H](C[C@H]3O)C4(C)C)=C3CCCC[C@H]32)cc1. The Morgan fingerprint density at radius 2 is 1.57 bits per heavy atom. The number of hydrogen-bond donors (Lipinski definition) is 1. The molecular formula is C33H42O2S2. The standard InChI is InChI=1S/C33H42O2S2/c1-22-9-13-24(14-10-22)33(25-15-11-23(2)12-16-25)28-8-6-5-7-27(28)29(20-36-33)37(35)21-32-18-17-26(19-30(32)34)31(32,3)4/h9-16,26,28,30,34H,5-8,17-21H2,1-4H3/t26-,28-,30-,32-,37?/m1/s1. The summed E-state index contributed by atoms with van der Waals surface area (Å²) < 4.78 is 14.2. The molecule has 1 aliphatic heterocycles. The summed E-state index contributed by atoms with van der Waals surface area (Å²) in [5, 5.41) is 11.2. The van der Waals surface area contributed by atoms with Gasteiger partial charge in [0.1, 0.15) is 0 Å². The molecule has 4 heteroatoms. The lowest BCUT2D eigenvalue weighted by molar-refractivity contribution is 0.0161. The smallest absolute Gasteiger partial charge is 0.0726 e. The summed E-state index contributed by atoms with van der Waals surface area (Å²) in [6, 6.07) is 18.4. The Morgan fingerprint density at radius 1 is 0.946 bits per heavy atom. The van der Waals surface area contributed by atoms with E-state index in [1.807, 2.05) is 11.8 Å². The molecule has 2 bridgehead atoms. The first-order valence-electron chi connectivity index (χ1n) is 14.3. The van der Waals surface area contributed by atoms with Crippen LogP contribution in [0.15, 0.2) is 59.0 Å². The van der Waals surface area contributed by atoms with Crippen LogP contribution in [0.2, 0.25) is 0 Å². The third-order valence-electron chi connectivity index (χ3n) is 10.9. The summed E-state index contributed by atoms with van der Waals surface area (Å²) >= 11 is 2.01. The number of thioether (sulfide) groups is 1. The monoisotopic (exact) mass is 534 g/mol. The second-order valence-corrected chi connectivity index (χ2v) is 15.6. The fourth-order valence-corrected chi connectivity index (χ4v) is 12.6. The van der Waals surface area contributed by atoms with Gasteiger partial charge in [-0.15, -0.1) is 11.8 Å². The molecule has 6 rings (SSSR count). The van der Waals surface area contributed by atoms with Gasteiger partial charge in [0.25, 0.3) is 0 Å². The first-order chi connectivity index (χ1) is 17.7. The fraction of sp³-hybridized carbons (Fsp3) is 0.576. The Labute approximate surface area is 230 Å². The minimum absolute atomic E-state index is 0.0641. The van der Waals surface area contributed by atoms with Crippen LogP contribution in [0.1, 0.15) is 81.0 Å². The molecule has 0 spiro atoms. The van der Waals surface area contributed by atoms with Crippen molar-refractivity contribution >= 4 is 22.6 Å². The summed E-state index contributed by atoms with van der Waals surface area (Å²) in [5.74, 6) is 2.37. The summed E-state index contributed by atoms with van der Waals surface area (Å²) in [5.41, 5.74) is 6.67. The summed E-state index contributed by atoms with van der Waals surface area (Å²) in [7, 11) is -1.05. The van der Waals surface area contributed by atoms with E-state index >= 15 is 0 Å². The first kappa shape index (κ1) is 25.9. The predicted molar refractivity (Wildman–Crippen MR) is 157 cm³/mol. The summed E-state index contributed by atoms with van der Waals surface area (Å²) in [4.78, 5) is 1.21. The minimum Gasteiger partial charge on any atom is -0.392 e. The van der Waals surface area contributed by atoms with Crippen LogP contribution in [0, 0.1) is 36.5 Å². The number of hydrogen-bond acceptors (Lipinski definition) is 3. The molecule has 4 aliphatic rings. The molecule has 2 aromatic rings. The highest BCUT2D eigenvalue weighted by Gasteiger charge is 2.64. The molecule has 5 atom stereocenters. The molecule has 3 saturated carbocycles. The average molecular weight is 535 g/mol. The Balaban J connectivity index is 1.43. The third kappa shape index (κ3) is 3.87. The van der Waals surface area contributed by atoms with Gasteiger partial charge in [-0.3, -0.25) is 4.21 Å². The van der Waals surface area contributed by atoms with Crippen LogP contribution >= 0.6 is 11.8 Å². The average Bonchev–Trinajstić information content (AvgIpc) is 3.24. The molecule has 0 amide bonds. The lowest BCUT2D eigenvalue weighted by atomic mass is 9.69. The fourth-order valence-electron chi connectivity index (χ4n) is 8.42. The normalized spacial score (nSPS) is 32.8. The molecule has 37 heavy (non-hydrogen) atoms. The number of rotatable bonds is 5. The topological polar surface area (TPSA) is 37.3 Å². The maximum absolute atomic E-state index is 14.3. The van der Waals surface area contributed by atoms with E-state index in [1.54, 1.807) is 0 Å². The van der Waals surface area contributed by atoms with Crippen LogP contribution in [-0.4, -0.2) is 26.9 Å². The molecule has 198 valence electrons. The summed E-state index contributed by atoms with van der Waals surface area (Å²) in [6.45, 7) is 8.98. The van der Waals surface area contributed by atoms with Crippen molar-refractivity contribution in [2.75, 3.05) is 11.5 Å². The van der Waals surface area contributed by atoms with Gasteiger partial charge in [-0.25, -0.2) is 0 Å². The second-order valence-electron chi connectivity index (χ2n) is 12.9. The maximum Gasteiger partial charge on any atom is 0.0726 e. The van der Waals surface area contributed by atoms with E-state index in [2.05, 4.69) is 76.2 Å². The Kier molecular flexibility index (Phi) is 6.57. The molecule has 3 aliphatic carbocycles. The van der Waals surface area contributed by atoms with Gasteiger partial charge in [-0.05, 0) is 74.8 Å². The number of aliphatic hydroxyl groups excluding tert-OH is 1. The van der Waals surface area contributed by atoms with E-state index in [-0.39, 0.29) is 21.7 Å². The van der Waals surface area contributed by atoms with Crippen LogP contribution < -0.4 is 0 Å². The van der Waals surface area contributed by atoms with E-state index in [0.29, 0.717) is 17.6 Å². The van der Waals surface area contributed by atoms with Gasteiger partial charge in [-0.2, -0.15) is 0 Å². The Bertz CT molecular complexity index is 1180. The van der Waals surface area contributed by atoms with Crippen LogP contribution in [0.4, 0.5) is 0 Å². The Morgan fingerprint density at radius 3 is 2.11 bits per heavy atom. The number of fused-ring (bicyclic) bond motifs is 3. The quantitative estimate of drug-likeness (QED) is 0.428. The highest BCUT2D eigenvalue weighted by molar-refractivity contribution is 8.02. The first-order valence-corrected chi connectivity index (χ1v) is 16.6. The molecule has 0 aromatic heterocycles. The zero-order chi connectivity index (χ0) is 26.0. The Hall–Kier alpha value is -1.36. The molecule has 3 fully saturated rings. The van der Waals surface area contributed by atoms with Crippen LogP contribution in [-0.2, 0) is 15.5 Å². The van der Waals surface area contributed by atoms with Crippen molar-refractivity contribution in [3.8, 4) is 0 Å². The molecule has 1 N–H and O–H groups in total. The highest BCUT2D eigenvalue weighted by Crippen LogP contribution is 2.66. The van der Waals surface area contributed by atoms with Crippen LogP contribution in [0.25, 0.3) is 0 Å². The highest BCUT2D eigenvalue weighted by atomic mass is 32.2. The molecular weight excluding hydrogens is 492 g/mol. The zero-order valence-corrected chi connectivity index (χ0v) is 24.5. The molecule has 0 saturated heterocycles. The van der Waals surface area contributed by atoms with Crippen molar-refractivity contribution in [3.63, 3.8) is 0 Å². The van der Waals surface area contributed by atoms with E-state index < -0.39 is 10.8 Å². The largest absolute Gasteiger partial charge is 0.392 e. The van der Waals surface area contributed by atoms with Crippen molar-refractivity contribution in [3.05, 3.63) is 81.3 Å². The van der Waals surface area contributed by atoms with Crippen molar-refractivity contribution < 1.29 is 9.32 Å². The third-order valence-corrected chi connectivity index (χ3v) is 14.5. The van der Waals surface area contributed by atoms with Crippen molar-refractivity contribution in [2.45, 2.75) is 83.5 Å². The van der Waals surface area contributed by atoms with E-state index in [4.69, 9.17) is 0 Å². The van der Waals surface area contributed by atoms with Crippen molar-refractivity contribution in [1.82, 2.24) is 0 Å².